The van der Waals surface area contributed by atoms with Crippen molar-refractivity contribution in [1.29, 1.82) is 0 Å². The van der Waals surface area contributed by atoms with Crippen LogP contribution in [0.3, 0.4) is 0 Å². The predicted octanol–water partition coefficient (Wildman–Crippen LogP) is 3.54. The van der Waals surface area contributed by atoms with Crippen molar-refractivity contribution in [2.45, 2.75) is 47.1 Å². The minimum Gasteiger partial charge on any atom is -0.352 e. The number of aromatic nitrogens is 2. The lowest BCUT2D eigenvalue weighted by molar-refractivity contribution is -0.124. The molecule has 1 aromatic heterocycles. The summed E-state index contributed by atoms with van der Waals surface area (Å²) in [6.45, 7) is 8.65. The minimum absolute atomic E-state index is 0.0646. The lowest BCUT2D eigenvalue weighted by atomic mass is 10.1. The van der Waals surface area contributed by atoms with Crippen LogP contribution < -0.4 is 5.32 Å². The summed E-state index contributed by atoms with van der Waals surface area (Å²) in [5, 5.41) is 7.64. The first-order chi connectivity index (χ1) is 10.5. The largest absolute Gasteiger partial charge is 0.352 e. The Hall–Kier alpha value is -2.10. The van der Waals surface area contributed by atoms with Crippen molar-refractivity contribution in [2.24, 2.45) is 5.92 Å². The highest BCUT2D eigenvalue weighted by atomic mass is 16.1. The predicted molar refractivity (Wildman–Crippen MR) is 89.0 cm³/mol. The SMILES string of the molecule is CCCC(C)C(=O)NCc1c(C)nn(-c2ccccc2)c1C. The number of hydrogen-bond donors (Lipinski definition) is 1. The standard InChI is InChI=1S/C18H25N3O/c1-5-9-13(2)18(22)19-12-17-14(3)20-21(15(17)4)16-10-7-6-8-11-16/h6-8,10-11,13H,5,9,12H2,1-4H3,(H,19,22). The Bertz CT molecular complexity index is 631. The first-order valence-corrected chi connectivity index (χ1v) is 7.92. The lowest BCUT2D eigenvalue weighted by Gasteiger charge is -2.11. The van der Waals surface area contributed by atoms with Crippen molar-refractivity contribution in [3.05, 3.63) is 47.3 Å². The summed E-state index contributed by atoms with van der Waals surface area (Å²) in [5.74, 6) is 0.183. The molecule has 0 aliphatic heterocycles. The summed E-state index contributed by atoms with van der Waals surface area (Å²) in [6.07, 6.45) is 1.95. The number of benzene rings is 1. The molecule has 0 spiro atoms. The maximum absolute atomic E-state index is 12.1. The van der Waals surface area contributed by atoms with E-state index in [1.807, 2.05) is 55.8 Å². The van der Waals surface area contributed by atoms with E-state index >= 15 is 0 Å². The van der Waals surface area contributed by atoms with E-state index in [1.54, 1.807) is 0 Å². The van der Waals surface area contributed by atoms with Crippen LogP contribution in [0.5, 0.6) is 0 Å². The fourth-order valence-corrected chi connectivity index (χ4v) is 2.67. The van der Waals surface area contributed by atoms with Crippen molar-refractivity contribution in [2.75, 3.05) is 0 Å². The van der Waals surface area contributed by atoms with Gasteiger partial charge in [0, 0.05) is 23.7 Å². The third-order valence-corrected chi connectivity index (χ3v) is 4.05. The smallest absolute Gasteiger partial charge is 0.223 e. The van der Waals surface area contributed by atoms with E-state index in [1.165, 1.54) is 0 Å². The van der Waals surface area contributed by atoms with Gasteiger partial charge in [-0.3, -0.25) is 4.79 Å². The van der Waals surface area contributed by atoms with Crippen molar-refractivity contribution >= 4 is 5.91 Å². The van der Waals surface area contributed by atoms with E-state index in [-0.39, 0.29) is 11.8 Å². The summed E-state index contributed by atoms with van der Waals surface area (Å²) in [4.78, 5) is 12.1. The van der Waals surface area contributed by atoms with Gasteiger partial charge in [0.2, 0.25) is 5.91 Å². The zero-order valence-electron chi connectivity index (χ0n) is 13.9. The van der Waals surface area contributed by atoms with E-state index in [0.717, 1.165) is 35.5 Å². The first kappa shape index (κ1) is 16.3. The molecule has 22 heavy (non-hydrogen) atoms. The van der Waals surface area contributed by atoms with Crippen LogP contribution in [0.4, 0.5) is 0 Å². The number of nitrogens with one attached hydrogen (secondary N) is 1. The number of carbonyl (C=O) groups excluding carboxylic acids is 1. The number of carbonyl (C=O) groups is 1. The van der Waals surface area contributed by atoms with Crippen LogP contribution in [-0.4, -0.2) is 15.7 Å². The van der Waals surface area contributed by atoms with Crippen molar-refractivity contribution in [1.82, 2.24) is 15.1 Å². The summed E-state index contributed by atoms with van der Waals surface area (Å²) in [6, 6.07) is 10.1. The Kier molecular flexibility index (Phi) is 5.36. The van der Waals surface area contributed by atoms with Gasteiger partial charge in [0.15, 0.2) is 0 Å². The number of amides is 1. The van der Waals surface area contributed by atoms with Gasteiger partial charge in [-0.15, -0.1) is 0 Å². The summed E-state index contributed by atoms with van der Waals surface area (Å²) >= 11 is 0. The van der Waals surface area contributed by atoms with Crippen molar-refractivity contribution in [3.63, 3.8) is 0 Å². The highest BCUT2D eigenvalue weighted by Crippen LogP contribution is 2.18. The second kappa shape index (κ2) is 7.25. The van der Waals surface area contributed by atoms with Gasteiger partial charge in [-0.2, -0.15) is 5.10 Å². The lowest BCUT2D eigenvalue weighted by Crippen LogP contribution is -2.29. The molecule has 0 bridgehead atoms. The van der Waals surface area contributed by atoms with Crippen LogP contribution in [-0.2, 0) is 11.3 Å². The summed E-state index contributed by atoms with van der Waals surface area (Å²) in [5.41, 5.74) is 4.18. The summed E-state index contributed by atoms with van der Waals surface area (Å²) in [7, 11) is 0. The molecule has 0 saturated carbocycles. The maximum Gasteiger partial charge on any atom is 0.223 e. The molecule has 0 radical (unpaired) electrons. The molecule has 0 saturated heterocycles. The average molecular weight is 299 g/mol. The second-order valence-electron chi connectivity index (χ2n) is 5.80. The van der Waals surface area contributed by atoms with Crippen LogP contribution in [0.1, 0.15) is 43.6 Å². The Labute approximate surface area is 132 Å². The molecule has 118 valence electrons. The fraction of sp³-hybridized carbons (Fsp3) is 0.444. The fourth-order valence-electron chi connectivity index (χ4n) is 2.67. The van der Waals surface area contributed by atoms with Gasteiger partial charge in [-0.05, 0) is 32.4 Å². The molecule has 1 heterocycles. The van der Waals surface area contributed by atoms with E-state index in [4.69, 9.17) is 0 Å². The van der Waals surface area contributed by atoms with Crippen LogP contribution in [0.2, 0.25) is 0 Å². The Morgan fingerprint density at radius 3 is 2.59 bits per heavy atom. The maximum atomic E-state index is 12.1. The van der Waals surface area contributed by atoms with Crippen LogP contribution in [0.25, 0.3) is 5.69 Å². The van der Waals surface area contributed by atoms with Crippen molar-refractivity contribution in [3.8, 4) is 5.69 Å². The summed E-state index contributed by atoms with van der Waals surface area (Å²) < 4.78 is 1.94. The molecule has 1 N–H and O–H groups in total. The number of aryl methyl sites for hydroxylation is 1. The molecule has 4 heteroatoms. The zero-order valence-corrected chi connectivity index (χ0v) is 13.9. The van der Waals surface area contributed by atoms with E-state index < -0.39 is 0 Å². The molecule has 1 amide bonds. The van der Waals surface area contributed by atoms with Gasteiger partial charge >= 0.3 is 0 Å². The van der Waals surface area contributed by atoms with Gasteiger partial charge in [0.25, 0.3) is 0 Å². The molecule has 0 aliphatic rings. The monoisotopic (exact) mass is 299 g/mol. The third kappa shape index (κ3) is 3.56. The molecule has 1 atom stereocenters. The van der Waals surface area contributed by atoms with Crippen LogP contribution >= 0.6 is 0 Å². The second-order valence-corrected chi connectivity index (χ2v) is 5.80. The molecule has 1 unspecified atom stereocenters. The van der Waals surface area contributed by atoms with Gasteiger partial charge in [0.1, 0.15) is 0 Å². The zero-order chi connectivity index (χ0) is 16.1. The van der Waals surface area contributed by atoms with Gasteiger partial charge < -0.3 is 5.32 Å². The minimum atomic E-state index is 0.0646. The van der Waals surface area contributed by atoms with E-state index in [9.17, 15) is 4.79 Å². The molecular formula is C18H25N3O. The normalized spacial score (nSPS) is 12.2. The third-order valence-electron chi connectivity index (χ3n) is 4.05. The topological polar surface area (TPSA) is 46.9 Å². The molecule has 1 aromatic carbocycles. The highest BCUT2D eigenvalue weighted by Gasteiger charge is 2.16. The molecular weight excluding hydrogens is 274 g/mol. The molecule has 0 aliphatic carbocycles. The van der Waals surface area contributed by atoms with E-state index in [0.29, 0.717) is 6.54 Å². The molecule has 2 aromatic rings. The highest BCUT2D eigenvalue weighted by molar-refractivity contribution is 5.78. The molecule has 0 fully saturated rings. The van der Waals surface area contributed by atoms with Crippen LogP contribution in [0.15, 0.2) is 30.3 Å². The molecule has 4 nitrogen and oxygen atoms in total. The molecule has 2 rings (SSSR count). The van der Waals surface area contributed by atoms with Gasteiger partial charge in [0.05, 0.1) is 11.4 Å². The number of rotatable bonds is 6. The van der Waals surface area contributed by atoms with Gasteiger partial charge in [-0.1, -0.05) is 38.5 Å². The van der Waals surface area contributed by atoms with Crippen LogP contribution in [0, 0.1) is 19.8 Å². The Balaban J connectivity index is 2.13. The van der Waals surface area contributed by atoms with E-state index in [2.05, 4.69) is 17.3 Å². The Morgan fingerprint density at radius 1 is 1.27 bits per heavy atom. The Morgan fingerprint density at radius 2 is 1.95 bits per heavy atom. The van der Waals surface area contributed by atoms with Crippen molar-refractivity contribution < 1.29 is 4.79 Å². The first-order valence-electron chi connectivity index (χ1n) is 7.92. The number of hydrogen-bond acceptors (Lipinski definition) is 2. The number of para-hydroxylation sites is 1. The number of nitrogens with zero attached hydrogens (tertiary/aromatic N) is 2. The quantitative estimate of drug-likeness (QED) is 0.887. The van der Waals surface area contributed by atoms with Gasteiger partial charge in [-0.25, -0.2) is 4.68 Å². The average Bonchev–Trinajstić information content (AvgIpc) is 2.81.